The Morgan fingerprint density at radius 2 is 0.768 bits per heavy atom. The summed E-state index contributed by atoms with van der Waals surface area (Å²) >= 11 is 1.79. The second-order valence-electron chi connectivity index (χ2n) is 13.9. The lowest BCUT2D eigenvalue weighted by Gasteiger charge is -2.19. The molecule has 0 N–H and O–H groups in total. The Balaban J connectivity index is 1.25. The van der Waals surface area contributed by atoms with Crippen LogP contribution in [0.1, 0.15) is 0 Å². The molecule has 262 valence electrons. The highest BCUT2D eigenvalue weighted by Crippen LogP contribution is 2.43. The number of para-hydroxylation sites is 3. The third-order valence-electron chi connectivity index (χ3n) is 10.7. The third kappa shape index (κ3) is 5.24. The van der Waals surface area contributed by atoms with E-state index >= 15 is 0 Å². The predicted molar refractivity (Wildman–Crippen MR) is 234 cm³/mol. The molecule has 0 bridgehead atoms. The van der Waals surface area contributed by atoms with Crippen LogP contribution in [0.3, 0.4) is 0 Å². The number of rotatable bonds is 6. The fraction of sp³-hybridized carbons (Fsp3) is 0. The average molecular weight is 733 g/mol. The molecule has 0 radical (unpaired) electrons. The van der Waals surface area contributed by atoms with Crippen molar-refractivity contribution in [2.45, 2.75) is 0 Å². The van der Waals surface area contributed by atoms with Gasteiger partial charge in [0, 0.05) is 53.2 Å². The van der Waals surface area contributed by atoms with Crippen molar-refractivity contribution in [3.8, 4) is 62.1 Å². The van der Waals surface area contributed by atoms with Gasteiger partial charge in [-0.15, -0.1) is 11.3 Å². The highest BCUT2D eigenvalue weighted by Gasteiger charge is 2.24. The molecule has 0 aliphatic carbocycles. The van der Waals surface area contributed by atoms with Crippen LogP contribution in [0.25, 0.3) is 104 Å². The summed E-state index contributed by atoms with van der Waals surface area (Å²) in [7, 11) is 0. The van der Waals surface area contributed by atoms with E-state index in [4.69, 9.17) is 15.0 Å². The summed E-state index contributed by atoms with van der Waals surface area (Å²) in [6.07, 6.45) is 0. The van der Waals surface area contributed by atoms with Crippen LogP contribution < -0.4 is 0 Å². The molecule has 0 atom stereocenters. The maximum atomic E-state index is 5.46. The van der Waals surface area contributed by atoms with E-state index in [0.717, 1.165) is 60.4 Å². The van der Waals surface area contributed by atoms with Crippen molar-refractivity contribution in [3.05, 3.63) is 194 Å². The maximum absolute atomic E-state index is 5.46. The van der Waals surface area contributed by atoms with E-state index in [1.807, 2.05) is 6.07 Å². The molecule has 0 aliphatic heterocycles. The Kier molecular flexibility index (Phi) is 7.64. The van der Waals surface area contributed by atoms with Crippen molar-refractivity contribution < 1.29 is 0 Å². The van der Waals surface area contributed by atoms with Gasteiger partial charge in [0.15, 0.2) is 17.5 Å². The van der Waals surface area contributed by atoms with Gasteiger partial charge in [0.1, 0.15) is 0 Å². The highest BCUT2D eigenvalue weighted by atomic mass is 32.1. The molecular formula is C51H32N4S. The van der Waals surface area contributed by atoms with Crippen LogP contribution in [0.4, 0.5) is 0 Å². The van der Waals surface area contributed by atoms with Crippen molar-refractivity contribution in [1.82, 2.24) is 19.5 Å². The van der Waals surface area contributed by atoms with E-state index in [1.165, 1.54) is 26.2 Å². The molecule has 56 heavy (non-hydrogen) atoms. The van der Waals surface area contributed by atoms with Crippen molar-refractivity contribution in [2.24, 2.45) is 0 Å². The number of benzene rings is 8. The van der Waals surface area contributed by atoms with Gasteiger partial charge < -0.3 is 4.57 Å². The zero-order chi connectivity index (χ0) is 37.0. The zero-order valence-electron chi connectivity index (χ0n) is 30.2. The molecule has 3 aromatic heterocycles. The molecule has 4 nitrogen and oxygen atoms in total. The van der Waals surface area contributed by atoms with Crippen LogP contribution >= 0.6 is 11.3 Å². The monoisotopic (exact) mass is 732 g/mol. The molecule has 0 fully saturated rings. The molecule has 0 amide bonds. The molecule has 11 rings (SSSR count). The largest absolute Gasteiger partial charge is 0.308 e. The summed E-state index contributed by atoms with van der Waals surface area (Å²) in [5.41, 5.74) is 10.5. The normalized spacial score (nSPS) is 11.6. The first-order chi connectivity index (χ1) is 27.8. The quantitative estimate of drug-likeness (QED) is 0.171. The molecule has 0 saturated heterocycles. The van der Waals surface area contributed by atoms with Gasteiger partial charge in [-0.05, 0) is 47.0 Å². The van der Waals surface area contributed by atoms with E-state index in [9.17, 15) is 0 Å². The number of nitrogens with zero attached hydrogens (tertiary/aromatic N) is 4. The smallest absolute Gasteiger partial charge is 0.166 e. The van der Waals surface area contributed by atoms with Gasteiger partial charge in [0.2, 0.25) is 0 Å². The highest BCUT2D eigenvalue weighted by molar-refractivity contribution is 7.26. The predicted octanol–water partition coefficient (Wildman–Crippen LogP) is 13.7. The fourth-order valence-electron chi connectivity index (χ4n) is 8.19. The first-order valence-corrected chi connectivity index (χ1v) is 19.6. The zero-order valence-corrected chi connectivity index (χ0v) is 31.0. The minimum Gasteiger partial charge on any atom is -0.308 e. The Morgan fingerprint density at radius 3 is 1.46 bits per heavy atom. The van der Waals surface area contributed by atoms with Crippen LogP contribution in [0, 0.1) is 0 Å². The van der Waals surface area contributed by atoms with Gasteiger partial charge in [-0.2, -0.15) is 0 Å². The molecule has 5 heteroatoms. The topological polar surface area (TPSA) is 43.6 Å². The molecule has 0 aliphatic rings. The van der Waals surface area contributed by atoms with Gasteiger partial charge in [-0.1, -0.05) is 164 Å². The van der Waals surface area contributed by atoms with Crippen molar-refractivity contribution in [1.29, 1.82) is 0 Å². The number of fused-ring (bicyclic) bond motifs is 6. The number of hydrogen-bond acceptors (Lipinski definition) is 4. The lowest BCUT2D eigenvalue weighted by atomic mass is 9.98. The standard InChI is InChI=1S/C51H32N4S/c1-3-17-33(18-4-1)35-21-7-8-25-41(35)49-52-50(54-51(53-49)43-29-16-27-40-39-24-11-14-32-46(39)56-48(40)43)42-28-15-26-36(34-19-5-2-6-20-34)47(42)55-44-30-12-9-22-37(44)38-23-10-13-31-45(38)55/h1-32H. The summed E-state index contributed by atoms with van der Waals surface area (Å²) < 4.78 is 4.80. The Hall–Kier alpha value is -7.21. The first-order valence-electron chi connectivity index (χ1n) is 18.8. The van der Waals surface area contributed by atoms with Crippen molar-refractivity contribution >= 4 is 53.3 Å². The van der Waals surface area contributed by atoms with E-state index in [2.05, 4.69) is 193 Å². The van der Waals surface area contributed by atoms with Crippen LogP contribution in [0.2, 0.25) is 0 Å². The minimum atomic E-state index is 0.612. The Morgan fingerprint density at radius 1 is 0.321 bits per heavy atom. The molecule has 0 unspecified atom stereocenters. The van der Waals surface area contributed by atoms with Gasteiger partial charge in [0.25, 0.3) is 0 Å². The van der Waals surface area contributed by atoms with Crippen LogP contribution in [0.5, 0.6) is 0 Å². The fourth-order valence-corrected chi connectivity index (χ4v) is 9.40. The maximum Gasteiger partial charge on any atom is 0.166 e. The van der Waals surface area contributed by atoms with Crippen molar-refractivity contribution in [2.75, 3.05) is 0 Å². The average Bonchev–Trinajstić information content (AvgIpc) is 3.82. The summed E-state index contributed by atoms with van der Waals surface area (Å²) in [6.45, 7) is 0. The van der Waals surface area contributed by atoms with E-state index in [0.29, 0.717) is 17.5 Å². The molecule has 8 aromatic carbocycles. The van der Waals surface area contributed by atoms with Gasteiger partial charge >= 0.3 is 0 Å². The molecule has 3 heterocycles. The molecular weight excluding hydrogens is 701 g/mol. The van der Waals surface area contributed by atoms with Crippen LogP contribution in [-0.4, -0.2) is 19.5 Å². The minimum absolute atomic E-state index is 0.612. The lowest BCUT2D eigenvalue weighted by molar-refractivity contribution is 1.07. The second kappa shape index (κ2) is 13.3. The van der Waals surface area contributed by atoms with Crippen molar-refractivity contribution in [3.63, 3.8) is 0 Å². The number of thiophene rings is 1. The van der Waals surface area contributed by atoms with Crippen LogP contribution in [-0.2, 0) is 0 Å². The summed E-state index contributed by atoms with van der Waals surface area (Å²) in [5.74, 6) is 1.88. The number of aromatic nitrogens is 4. The van der Waals surface area contributed by atoms with E-state index in [-0.39, 0.29) is 0 Å². The third-order valence-corrected chi connectivity index (χ3v) is 11.9. The van der Waals surface area contributed by atoms with Crippen LogP contribution in [0.15, 0.2) is 194 Å². The Bertz CT molecular complexity index is 3200. The molecule has 0 saturated carbocycles. The van der Waals surface area contributed by atoms with Gasteiger partial charge in [-0.25, -0.2) is 15.0 Å². The summed E-state index contributed by atoms with van der Waals surface area (Å²) in [4.78, 5) is 16.3. The summed E-state index contributed by atoms with van der Waals surface area (Å²) in [6, 6.07) is 68.4. The second-order valence-corrected chi connectivity index (χ2v) is 15.0. The lowest BCUT2D eigenvalue weighted by Crippen LogP contribution is -2.05. The molecule has 11 aromatic rings. The summed E-state index contributed by atoms with van der Waals surface area (Å²) in [5, 5.41) is 4.83. The van der Waals surface area contributed by atoms with E-state index < -0.39 is 0 Å². The SMILES string of the molecule is c1ccc(-c2ccccc2-c2nc(-c3cccc(-c4ccccc4)c3-n3c4ccccc4c4ccccc43)nc(-c3cccc4c3sc3ccccc34)n2)cc1. The molecule has 0 spiro atoms. The van der Waals surface area contributed by atoms with Gasteiger partial charge in [-0.3, -0.25) is 0 Å². The Labute approximate surface area is 327 Å². The van der Waals surface area contributed by atoms with E-state index in [1.54, 1.807) is 11.3 Å². The first kappa shape index (κ1) is 32.2. The number of hydrogen-bond donors (Lipinski definition) is 0. The van der Waals surface area contributed by atoms with Gasteiger partial charge in [0.05, 0.1) is 16.7 Å².